The summed E-state index contributed by atoms with van der Waals surface area (Å²) >= 11 is 5.54. The van der Waals surface area contributed by atoms with E-state index in [0.717, 1.165) is 17.5 Å². The first kappa shape index (κ1) is 21.0. The van der Waals surface area contributed by atoms with Crippen LogP contribution in [0.2, 0.25) is 0 Å². The maximum absolute atomic E-state index is 11.0. The molecule has 3 nitrogen and oxygen atoms in total. The van der Waals surface area contributed by atoms with Crippen LogP contribution in [0.5, 0.6) is 0 Å². The van der Waals surface area contributed by atoms with Crippen LogP contribution in [0.1, 0.15) is 48.1 Å². The Morgan fingerprint density at radius 2 is 1.83 bits per heavy atom. The minimum atomic E-state index is -1.05. The van der Waals surface area contributed by atoms with Crippen molar-refractivity contribution >= 4 is 52.6 Å². The average molecular weight is 351 g/mol. The van der Waals surface area contributed by atoms with Gasteiger partial charge in [0.2, 0.25) is 0 Å². The van der Waals surface area contributed by atoms with Gasteiger partial charge in [0.05, 0.1) is 4.86 Å². The number of aliphatic carboxylic acids is 1. The van der Waals surface area contributed by atoms with Gasteiger partial charge in [0.15, 0.2) is 0 Å². The van der Waals surface area contributed by atoms with Crippen LogP contribution >= 0.6 is 12.2 Å². The molecular formula is C19H22NNaO2S. The van der Waals surface area contributed by atoms with Gasteiger partial charge in [0.25, 0.3) is 0 Å². The Morgan fingerprint density at radius 1 is 1.17 bits per heavy atom. The van der Waals surface area contributed by atoms with E-state index >= 15 is 0 Å². The first-order valence-corrected chi connectivity index (χ1v) is 8.15. The standard InChI is InChI=1S/C19H21NO2S.Na.H/c1-2-3-5-13-8-10-14(11-9-13)18(23)16-7-4-6-15(12-16)17(20)19(21)22;;/h4,6-12,17H,2-3,5,20H2,1H3,(H,21,22);;. The first-order chi connectivity index (χ1) is 11.0. The number of aryl methyl sites for hydroxylation is 1. The fraction of sp³-hybridized carbons (Fsp3) is 0.263. The van der Waals surface area contributed by atoms with Gasteiger partial charge in [-0.05, 0) is 41.2 Å². The van der Waals surface area contributed by atoms with Crippen LogP contribution in [0.4, 0.5) is 0 Å². The van der Waals surface area contributed by atoms with Crippen LogP contribution in [0.15, 0.2) is 48.5 Å². The predicted molar refractivity (Wildman–Crippen MR) is 104 cm³/mol. The summed E-state index contributed by atoms with van der Waals surface area (Å²) in [5, 5.41) is 9.03. The molecule has 24 heavy (non-hydrogen) atoms. The molecule has 0 spiro atoms. The molecule has 0 bridgehead atoms. The summed E-state index contributed by atoms with van der Waals surface area (Å²) in [5.41, 5.74) is 9.30. The molecule has 2 rings (SSSR count). The second kappa shape index (κ2) is 10.1. The fourth-order valence-corrected chi connectivity index (χ4v) is 2.65. The zero-order valence-electron chi connectivity index (χ0n) is 13.2. The van der Waals surface area contributed by atoms with Crippen LogP contribution in [0, 0.1) is 0 Å². The van der Waals surface area contributed by atoms with E-state index < -0.39 is 12.0 Å². The molecule has 0 amide bonds. The van der Waals surface area contributed by atoms with Crippen molar-refractivity contribution in [3.8, 4) is 0 Å². The van der Waals surface area contributed by atoms with Gasteiger partial charge in [0.1, 0.15) is 6.04 Å². The molecule has 0 aliphatic heterocycles. The summed E-state index contributed by atoms with van der Waals surface area (Å²) in [6.45, 7) is 2.18. The van der Waals surface area contributed by atoms with Gasteiger partial charge in [-0.2, -0.15) is 0 Å². The number of rotatable bonds is 7. The third kappa shape index (κ3) is 5.50. The Morgan fingerprint density at radius 3 is 2.42 bits per heavy atom. The molecule has 1 atom stereocenters. The molecule has 0 fully saturated rings. The topological polar surface area (TPSA) is 63.3 Å². The van der Waals surface area contributed by atoms with E-state index in [-0.39, 0.29) is 29.6 Å². The molecule has 1 unspecified atom stereocenters. The maximum atomic E-state index is 11.0. The molecule has 0 aromatic heterocycles. The number of carboxylic acid groups (broad SMARTS) is 1. The van der Waals surface area contributed by atoms with E-state index in [2.05, 4.69) is 19.1 Å². The Balaban J connectivity index is 0.00000288. The number of thiocarbonyl (C=S) groups is 1. The summed E-state index contributed by atoms with van der Waals surface area (Å²) in [4.78, 5) is 11.7. The number of hydrogen-bond donors (Lipinski definition) is 2. The van der Waals surface area contributed by atoms with Crippen LogP contribution in [-0.2, 0) is 11.2 Å². The SMILES string of the molecule is CCCCc1ccc(C(=S)c2cccc(C(N)C(=O)O)c2)cc1.[NaH]. The van der Waals surface area contributed by atoms with Gasteiger partial charge in [-0.25, -0.2) is 0 Å². The molecule has 0 heterocycles. The number of nitrogens with two attached hydrogens (primary N) is 1. The van der Waals surface area contributed by atoms with Crippen LogP contribution in [0.25, 0.3) is 0 Å². The van der Waals surface area contributed by atoms with E-state index in [1.165, 1.54) is 18.4 Å². The molecule has 0 saturated carbocycles. The molecule has 0 aliphatic rings. The van der Waals surface area contributed by atoms with Crippen molar-refractivity contribution in [2.24, 2.45) is 5.73 Å². The number of unbranched alkanes of at least 4 members (excludes halogenated alkanes) is 1. The van der Waals surface area contributed by atoms with E-state index in [9.17, 15) is 4.79 Å². The van der Waals surface area contributed by atoms with Gasteiger partial charge in [-0.15, -0.1) is 0 Å². The molecule has 2 aromatic carbocycles. The molecule has 0 radical (unpaired) electrons. The van der Waals surface area contributed by atoms with E-state index in [0.29, 0.717) is 10.4 Å². The first-order valence-electron chi connectivity index (χ1n) is 7.75. The normalized spacial score (nSPS) is 11.4. The van der Waals surface area contributed by atoms with Crippen molar-refractivity contribution < 1.29 is 9.90 Å². The van der Waals surface area contributed by atoms with Crippen molar-refractivity contribution in [2.45, 2.75) is 32.2 Å². The van der Waals surface area contributed by atoms with Crippen LogP contribution < -0.4 is 5.73 Å². The van der Waals surface area contributed by atoms with Crippen molar-refractivity contribution in [3.63, 3.8) is 0 Å². The zero-order valence-corrected chi connectivity index (χ0v) is 14.0. The number of carboxylic acids is 1. The van der Waals surface area contributed by atoms with Crippen molar-refractivity contribution in [2.75, 3.05) is 0 Å². The summed E-state index contributed by atoms with van der Waals surface area (Å²) < 4.78 is 0. The fourth-order valence-electron chi connectivity index (χ4n) is 2.39. The third-order valence-electron chi connectivity index (χ3n) is 3.81. The summed E-state index contributed by atoms with van der Waals surface area (Å²) in [5.74, 6) is -1.05. The zero-order chi connectivity index (χ0) is 16.8. The Hall–Kier alpha value is -1.04. The number of hydrogen-bond acceptors (Lipinski definition) is 3. The van der Waals surface area contributed by atoms with Crippen molar-refractivity contribution in [1.29, 1.82) is 0 Å². The molecular weight excluding hydrogens is 329 g/mol. The second-order valence-electron chi connectivity index (χ2n) is 5.57. The van der Waals surface area contributed by atoms with Gasteiger partial charge in [-0.3, -0.25) is 4.79 Å². The molecule has 0 saturated heterocycles. The molecule has 2 aromatic rings. The Kier molecular flexibility index (Phi) is 8.81. The second-order valence-corrected chi connectivity index (χ2v) is 5.98. The monoisotopic (exact) mass is 351 g/mol. The molecule has 5 heteroatoms. The van der Waals surface area contributed by atoms with Crippen LogP contribution in [0.3, 0.4) is 0 Å². The average Bonchev–Trinajstić information content (AvgIpc) is 2.59. The van der Waals surface area contributed by atoms with Gasteiger partial charge < -0.3 is 10.8 Å². The van der Waals surface area contributed by atoms with Gasteiger partial charge in [0, 0.05) is 0 Å². The van der Waals surface area contributed by atoms with Crippen LogP contribution in [-0.4, -0.2) is 45.5 Å². The summed E-state index contributed by atoms with van der Waals surface area (Å²) in [6, 6.07) is 14.3. The van der Waals surface area contributed by atoms with Crippen molar-refractivity contribution in [3.05, 3.63) is 70.8 Å². The number of benzene rings is 2. The molecule has 3 N–H and O–H groups in total. The van der Waals surface area contributed by atoms with E-state index in [4.69, 9.17) is 23.1 Å². The van der Waals surface area contributed by atoms with E-state index in [1.54, 1.807) is 18.2 Å². The number of carbonyl (C=O) groups is 1. The van der Waals surface area contributed by atoms with Crippen molar-refractivity contribution in [1.82, 2.24) is 0 Å². The third-order valence-corrected chi connectivity index (χ3v) is 4.28. The molecule has 0 aliphatic carbocycles. The summed E-state index contributed by atoms with van der Waals surface area (Å²) in [7, 11) is 0. The van der Waals surface area contributed by atoms with Gasteiger partial charge >= 0.3 is 35.5 Å². The quantitative estimate of drug-likeness (QED) is 0.457. The van der Waals surface area contributed by atoms with E-state index in [1.807, 2.05) is 18.2 Å². The van der Waals surface area contributed by atoms with Gasteiger partial charge in [-0.1, -0.05) is 68.0 Å². The Labute approximate surface area is 170 Å². The predicted octanol–water partition coefficient (Wildman–Crippen LogP) is 3.23. The summed E-state index contributed by atoms with van der Waals surface area (Å²) in [6.07, 6.45) is 3.43. The minimum absolute atomic E-state index is 0. The molecule has 122 valence electrons. The Bertz CT molecular complexity index is 701.